The summed E-state index contributed by atoms with van der Waals surface area (Å²) in [4.78, 5) is 12.6. The summed E-state index contributed by atoms with van der Waals surface area (Å²) in [6.07, 6.45) is 1.56. The highest BCUT2D eigenvalue weighted by Gasteiger charge is 2.12. The SMILES string of the molecule is Cc1cccc(C)c1NC(=O)/C(C#N)=C/c1ccc(OCc2cccc(Cl)c2)cc1. The lowest BCUT2D eigenvalue weighted by Gasteiger charge is -2.11. The maximum Gasteiger partial charge on any atom is 0.266 e. The molecular weight excluding hydrogens is 396 g/mol. The molecule has 0 saturated carbocycles. The van der Waals surface area contributed by atoms with Crippen LogP contribution in [0.2, 0.25) is 5.02 Å². The van der Waals surface area contributed by atoms with E-state index in [-0.39, 0.29) is 5.57 Å². The number of nitrogens with zero attached hydrogens (tertiary/aromatic N) is 1. The number of hydrogen-bond donors (Lipinski definition) is 1. The monoisotopic (exact) mass is 416 g/mol. The smallest absolute Gasteiger partial charge is 0.266 e. The summed E-state index contributed by atoms with van der Waals surface area (Å²) < 4.78 is 5.76. The quantitative estimate of drug-likeness (QED) is 0.391. The molecule has 0 aromatic heterocycles. The van der Waals surface area contributed by atoms with Crippen LogP contribution in [0.15, 0.2) is 72.3 Å². The second-order valence-electron chi connectivity index (χ2n) is 6.88. The van der Waals surface area contributed by atoms with Gasteiger partial charge in [0.2, 0.25) is 0 Å². The Bertz CT molecular complexity index is 1110. The predicted octanol–water partition coefficient (Wildman–Crippen LogP) is 6.08. The fraction of sp³-hybridized carbons (Fsp3) is 0.120. The highest BCUT2D eigenvalue weighted by molar-refractivity contribution is 6.30. The maximum atomic E-state index is 12.6. The first kappa shape index (κ1) is 21.2. The Kier molecular flexibility index (Phi) is 6.90. The average molecular weight is 417 g/mol. The molecule has 3 aromatic rings. The number of aryl methyl sites for hydroxylation is 2. The number of hydrogen-bond acceptors (Lipinski definition) is 3. The van der Waals surface area contributed by atoms with Gasteiger partial charge in [0.1, 0.15) is 24.0 Å². The number of rotatable bonds is 6. The molecule has 0 radical (unpaired) electrons. The minimum Gasteiger partial charge on any atom is -0.489 e. The van der Waals surface area contributed by atoms with Crippen LogP contribution in [0.3, 0.4) is 0 Å². The van der Waals surface area contributed by atoms with Crippen molar-refractivity contribution in [3.05, 3.63) is 99.6 Å². The van der Waals surface area contributed by atoms with Crippen LogP contribution in [0, 0.1) is 25.2 Å². The maximum absolute atomic E-state index is 12.6. The van der Waals surface area contributed by atoms with E-state index in [0.717, 1.165) is 27.9 Å². The highest BCUT2D eigenvalue weighted by Crippen LogP contribution is 2.21. The van der Waals surface area contributed by atoms with Crippen LogP contribution in [0.1, 0.15) is 22.3 Å². The molecule has 3 rings (SSSR count). The molecule has 30 heavy (non-hydrogen) atoms. The number of nitrogens with one attached hydrogen (secondary N) is 1. The third-order valence-corrected chi connectivity index (χ3v) is 4.81. The fourth-order valence-corrected chi connectivity index (χ4v) is 3.17. The zero-order valence-corrected chi connectivity index (χ0v) is 17.5. The predicted molar refractivity (Wildman–Crippen MR) is 120 cm³/mol. The van der Waals surface area contributed by atoms with Gasteiger partial charge in [0.15, 0.2) is 0 Å². The Morgan fingerprint density at radius 1 is 1.07 bits per heavy atom. The minimum atomic E-state index is -0.434. The van der Waals surface area contributed by atoms with Crippen LogP contribution >= 0.6 is 11.6 Å². The molecule has 0 atom stereocenters. The van der Waals surface area contributed by atoms with Crippen molar-refractivity contribution in [2.45, 2.75) is 20.5 Å². The van der Waals surface area contributed by atoms with Gasteiger partial charge in [-0.2, -0.15) is 5.26 Å². The van der Waals surface area contributed by atoms with Gasteiger partial charge >= 0.3 is 0 Å². The van der Waals surface area contributed by atoms with E-state index in [9.17, 15) is 10.1 Å². The Morgan fingerprint density at radius 2 is 1.73 bits per heavy atom. The van der Waals surface area contributed by atoms with Crippen molar-refractivity contribution in [2.24, 2.45) is 0 Å². The Labute approximate surface area is 181 Å². The molecule has 0 bridgehead atoms. The number of halogens is 1. The molecule has 5 heteroatoms. The molecule has 1 amide bonds. The van der Waals surface area contributed by atoms with E-state index in [0.29, 0.717) is 17.4 Å². The molecule has 0 fully saturated rings. The Morgan fingerprint density at radius 3 is 2.37 bits per heavy atom. The molecule has 1 N–H and O–H groups in total. The number of benzene rings is 3. The van der Waals surface area contributed by atoms with Crippen molar-refractivity contribution < 1.29 is 9.53 Å². The summed E-state index contributed by atoms with van der Waals surface area (Å²) >= 11 is 5.98. The summed E-state index contributed by atoms with van der Waals surface area (Å²) in [5, 5.41) is 13.0. The van der Waals surface area contributed by atoms with Crippen LogP contribution in [0.25, 0.3) is 6.08 Å². The van der Waals surface area contributed by atoms with Gasteiger partial charge in [-0.05, 0) is 66.4 Å². The van der Waals surface area contributed by atoms with Gasteiger partial charge in [-0.1, -0.05) is 54.1 Å². The highest BCUT2D eigenvalue weighted by atomic mass is 35.5. The number of amides is 1. The molecule has 0 aliphatic rings. The topological polar surface area (TPSA) is 62.1 Å². The normalized spacial score (nSPS) is 10.9. The van der Waals surface area contributed by atoms with E-state index in [1.54, 1.807) is 30.3 Å². The van der Waals surface area contributed by atoms with Gasteiger partial charge in [-0.25, -0.2) is 0 Å². The molecule has 0 spiro atoms. The molecule has 0 heterocycles. The largest absolute Gasteiger partial charge is 0.489 e. The zero-order chi connectivity index (χ0) is 21.5. The van der Waals surface area contributed by atoms with E-state index in [4.69, 9.17) is 16.3 Å². The molecule has 0 aliphatic carbocycles. The molecule has 3 aromatic carbocycles. The summed E-state index contributed by atoms with van der Waals surface area (Å²) in [6.45, 7) is 4.23. The molecule has 0 saturated heterocycles. The zero-order valence-electron chi connectivity index (χ0n) is 16.8. The lowest BCUT2D eigenvalue weighted by Crippen LogP contribution is -2.15. The van der Waals surface area contributed by atoms with E-state index >= 15 is 0 Å². The molecule has 150 valence electrons. The number of para-hydroxylation sites is 1. The number of anilines is 1. The molecule has 0 unspecified atom stereocenters. The molecule has 4 nitrogen and oxygen atoms in total. The van der Waals surface area contributed by atoms with Crippen molar-refractivity contribution in [1.29, 1.82) is 5.26 Å². The number of nitriles is 1. The lowest BCUT2D eigenvalue weighted by molar-refractivity contribution is -0.112. The number of carbonyl (C=O) groups excluding carboxylic acids is 1. The summed E-state index contributed by atoms with van der Waals surface area (Å²) in [6, 6.07) is 22.4. The van der Waals surface area contributed by atoms with Gasteiger partial charge in [0, 0.05) is 10.7 Å². The first-order valence-electron chi connectivity index (χ1n) is 9.43. The van der Waals surface area contributed by atoms with Gasteiger partial charge in [0.25, 0.3) is 5.91 Å². The Balaban J connectivity index is 1.68. The van der Waals surface area contributed by atoms with Crippen molar-refractivity contribution in [3.63, 3.8) is 0 Å². The summed E-state index contributed by atoms with van der Waals surface area (Å²) in [5.41, 5.74) is 4.36. The lowest BCUT2D eigenvalue weighted by atomic mass is 10.1. The number of carbonyl (C=O) groups is 1. The number of ether oxygens (including phenoxy) is 1. The van der Waals surface area contributed by atoms with E-state index in [2.05, 4.69) is 5.32 Å². The van der Waals surface area contributed by atoms with Crippen LogP contribution in [-0.4, -0.2) is 5.91 Å². The third kappa shape index (κ3) is 5.50. The van der Waals surface area contributed by atoms with Gasteiger partial charge in [-0.15, -0.1) is 0 Å². The van der Waals surface area contributed by atoms with Crippen LogP contribution < -0.4 is 10.1 Å². The van der Waals surface area contributed by atoms with Gasteiger partial charge < -0.3 is 10.1 Å². The standard InChI is InChI=1S/C25H21ClN2O2/c1-17-5-3-6-18(2)24(17)28-25(29)21(15-27)13-19-9-11-23(12-10-19)30-16-20-7-4-8-22(26)14-20/h3-14H,16H2,1-2H3,(H,28,29)/b21-13+. The molecular formula is C25H21ClN2O2. The van der Waals surface area contributed by atoms with E-state index in [1.165, 1.54) is 0 Å². The van der Waals surface area contributed by atoms with Crippen LogP contribution in [-0.2, 0) is 11.4 Å². The minimum absolute atomic E-state index is 0.0326. The van der Waals surface area contributed by atoms with Crippen molar-refractivity contribution in [1.82, 2.24) is 0 Å². The van der Waals surface area contributed by atoms with Crippen LogP contribution in [0.4, 0.5) is 5.69 Å². The van der Waals surface area contributed by atoms with Crippen LogP contribution in [0.5, 0.6) is 5.75 Å². The van der Waals surface area contributed by atoms with E-state index < -0.39 is 5.91 Å². The molecule has 0 aliphatic heterocycles. The van der Waals surface area contributed by atoms with Gasteiger partial charge in [-0.3, -0.25) is 4.79 Å². The first-order valence-corrected chi connectivity index (χ1v) is 9.81. The van der Waals surface area contributed by atoms with Crippen molar-refractivity contribution in [3.8, 4) is 11.8 Å². The van der Waals surface area contributed by atoms with Crippen molar-refractivity contribution in [2.75, 3.05) is 5.32 Å². The van der Waals surface area contributed by atoms with Gasteiger partial charge in [0.05, 0.1) is 0 Å². The second kappa shape index (κ2) is 9.78. The third-order valence-electron chi connectivity index (χ3n) is 4.57. The first-order chi connectivity index (χ1) is 14.5. The fourth-order valence-electron chi connectivity index (χ4n) is 2.96. The van der Waals surface area contributed by atoms with E-state index in [1.807, 2.05) is 62.4 Å². The van der Waals surface area contributed by atoms with Crippen molar-refractivity contribution >= 4 is 29.3 Å². The average Bonchev–Trinajstić information content (AvgIpc) is 2.74. The summed E-state index contributed by atoms with van der Waals surface area (Å²) in [5.74, 6) is 0.252. The Hall–Kier alpha value is -3.55. The summed E-state index contributed by atoms with van der Waals surface area (Å²) in [7, 11) is 0. The second-order valence-corrected chi connectivity index (χ2v) is 7.31.